The Balaban J connectivity index is 1.88. The second kappa shape index (κ2) is 9.49. The summed E-state index contributed by atoms with van der Waals surface area (Å²) in [6.45, 7) is 11.2. The van der Waals surface area contributed by atoms with Gasteiger partial charge in [-0.25, -0.2) is 4.89 Å². The fraction of sp³-hybridized carbons (Fsp3) is 0.333. The minimum atomic E-state index is -2.50. The third-order valence-corrected chi connectivity index (χ3v) is 11.0. The van der Waals surface area contributed by atoms with E-state index in [0.29, 0.717) is 6.61 Å². The van der Waals surface area contributed by atoms with Crippen molar-refractivity contribution < 1.29 is 14.6 Å². The van der Waals surface area contributed by atoms with Gasteiger partial charge in [-0.3, -0.25) is 5.26 Å². The van der Waals surface area contributed by atoms with Crippen LogP contribution in [0.15, 0.2) is 84.9 Å². The van der Waals surface area contributed by atoms with Crippen LogP contribution >= 0.6 is 0 Å². The molecule has 0 spiro atoms. The Kier molecular flexibility index (Phi) is 7.17. The summed E-state index contributed by atoms with van der Waals surface area (Å²) in [6, 6.07) is 29.6. The highest BCUT2D eigenvalue weighted by molar-refractivity contribution is 6.99. The van der Waals surface area contributed by atoms with E-state index >= 15 is 0 Å². The summed E-state index contributed by atoms with van der Waals surface area (Å²) in [5.74, 6) is 0. The molecule has 0 aromatic heterocycles. The van der Waals surface area contributed by atoms with Gasteiger partial charge in [0, 0.05) is 6.61 Å². The van der Waals surface area contributed by atoms with Crippen LogP contribution < -0.4 is 10.4 Å². The van der Waals surface area contributed by atoms with Crippen LogP contribution in [0.2, 0.25) is 5.04 Å². The third kappa shape index (κ3) is 4.99. The zero-order chi connectivity index (χ0) is 22.5. The molecule has 0 unspecified atom stereocenters. The minimum Gasteiger partial charge on any atom is -0.407 e. The van der Waals surface area contributed by atoms with Gasteiger partial charge in [-0.15, -0.1) is 0 Å². The summed E-state index contributed by atoms with van der Waals surface area (Å²) in [7, 11) is -2.50. The molecule has 4 heteroatoms. The maximum Gasteiger partial charge on any atom is 0.261 e. The quantitative estimate of drug-likeness (QED) is 0.288. The summed E-state index contributed by atoms with van der Waals surface area (Å²) in [4.78, 5) is 4.61. The normalized spacial score (nSPS) is 12.7. The van der Waals surface area contributed by atoms with E-state index in [9.17, 15) is 0 Å². The largest absolute Gasteiger partial charge is 0.407 e. The van der Waals surface area contributed by atoms with Gasteiger partial charge in [0.1, 0.15) is 5.60 Å². The highest BCUT2D eigenvalue weighted by Gasteiger charge is 2.49. The van der Waals surface area contributed by atoms with Crippen LogP contribution in [0, 0.1) is 0 Å². The van der Waals surface area contributed by atoms with Crippen molar-refractivity contribution in [2.24, 2.45) is 0 Å². The van der Waals surface area contributed by atoms with E-state index < -0.39 is 13.9 Å². The molecule has 3 aromatic rings. The topological polar surface area (TPSA) is 38.7 Å². The molecule has 1 N–H and O–H groups in total. The van der Waals surface area contributed by atoms with Crippen molar-refractivity contribution in [1.29, 1.82) is 0 Å². The van der Waals surface area contributed by atoms with Gasteiger partial charge in [0.15, 0.2) is 0 Å². The summed E-state index contributed by atoms with van der Waals surface area (Å²) in [6.07, 6.45) is 0.825. The Morgan fingerprint density at radius 2 is 1.19 bits per heavy atom. The van der Waals surface area contributed by atoms with Gasteiger partial charge >= 0.3 is 0 Å². The Morgan fingerprint density at radius 3 is 1.61 bits per heavy atom. The standard InChI is InChI=1S/C27H34O3Si/c1-26(2,3)31(24-12-8-6-9-13-24,25-14-10-7-11-15-25)29-21-20-22-16-18-23(19-17-22)27(4,5)30-28/h6-19,28H,20-21H2,1-5H3. The van der Waals surface area contributed by atoms with Crippen LogP contribution in [0.1, 0.15) is 45.7 Å². The number of hydrogen-bond acceptors (Lipinski definition) is 3. The molecular formula is C27H34O3Si. The van der Waals surface area contributed by atoms with E-state index in [-0.39, 0.29) is 5.04 Å². The fourth-order valence-corrected chi connectivity index (χ4v) is 8.77. The molecule has 0 amide bonds. The summed E-state index contributed by atoms with van der Waals surface area (Å²) >= 11 is 0. The number of benzene rings is 3. The fourth-order valence-electron chi connectivity index (χ4n) is 4.21. The maximum absolute atomic E-state index is 9.13. The van der Waals surface area contributed by atoms with Crippen molar-refractivity contribution in [3.8, 4) is 0 Å². The second-order valence-corrected chi connectivity index (χ2v) is 13.9. The first-order valence-corrected chi connectivity index (χ1v) is 12.8. The molecule has 0 aliphatic carbocycles. The van der Waals surface area contributed by atoms with Gasteiger partial charge in [-0.2, -0.15) is 0 Å². The van der Waals surface area contributed by atoms with Crippen molar-refractivity contribution in [2.75, 3.05) is 6.61 Å². The monoisotopic (exact) mass is 434 g/mol. The van der Waals surface area contributed by atoms with Crippen molar-refractivity contribution in [2.45, 2.75) is 51.7 Å². The molecule has 0 atom stereocenters. The zero-order valence-electron chi connectivity index (χ0n) is 19.3. The zero-order valence-corrected chi connectivity index (χ0v) is 20.3. The lowest BCUT2D eigenvalue weighted by Gasteiger charge is -2.43. The average Bonchev–Trinajstić information content (AvgIpc) is 2.77. The highest BCUT2D eigenvalue weighted by Crippen LogP contribution is 2.36. The van der Waals surface area contributed by atoms with Crippen molar-refractivity contribution in [3.63, 3.8) is 0 Å². The lowest BCUT2D eigenvalue weighted by atomic mass is 9.97. The van der Waals surface area contributed by atoms with Crippen LogP contribution in [0.3, 0.4) is 0 Å². The lowest BCUT2D eigenvalue weighted by molar-refractivity contribution is -0.318. The molecule has 0 aliphatic heterocycles. The van der Waals surface area contributed by atoms with Gasteiger partial charge in [-0.1, -0.05) is 106 Å². The van der Waals surface area contributed by atoms with Gasteiger partial charge < -0.3 is 4.43 Å². The van der Waals surface area contributed by atoms with Crippen LogP contribution in [-0.4, -0.2) is 20.2 Å². The van der Waals surface area contributed by atoms with E-state index in [1.54, 1.807) is 0 Å². The van der Waals surface area contributed by atoms with Crippen molar-refractivity contribution in [1.82, 2.24) is 0 Å². The predicted octanol–water partition coefficient (Wildman–Crippen LogP) is 5.53. The Hall–Kier alpha value is -2.24. The molecule has 0 radical (unpaired) electrons. The number of rotatable bonds is 8. The molecule has 31 heavy (non-hydrogen) atoms. The Labute approximate surface area is 187 Å². The Morgan fingerprint density at radius 1 is 0.710 bits per heavy atom. The van der Waals surface area contributed by atoms with Crippen LogP contribution in [-0.2, 0) is 21.3 Å². The molecule has 0 aliphatic rings. The van der Waals surface area contributed by atoms with E-state index in [4.69, 9.17) is 9.68 Å². The molecule has 3 aromatic carbocycles. The van der Waals surface area contributed by atoms with Crippen LogP contribution in [0.25, 0.3) is 0 Å². The second-order valence-electron chi connectivity index (χ2n) is 9.56. The predicted molar refractivity (Wildman–Crippen MR) is 130 cm³/mol. The van der Waals surface area contributed by atoms with Gasteiger partial charge in [0.25, 0.3) is 8.32 Å². The van der Waals surface area contributed by atoms with E-state index in [1.165, 1.54) is 15.9 Å². The van der Waals surface area contributed by atoms with E-state index in [1.807, 2.05) is 26.0 Å². The summed E-state index contributed by atoms with van der Waals surface area (Å²) in [5, 5.41) is 11.7. The molecule has 3 rings (SSSR count). The highest BCUT2D eigenvalue weighted by atomic mass is 28.4. The molecule has 3 nitrogen and oxygen atoms in total. The van der Waals surface area contributed by atoms with Crippen LogP contribution in [0.4, 0.5) is 0 Å². The Bertz CT molecular complexity index is 906. The summed E-state index contributed by atoms with van der Waals surface area (Å²) < 4.78 is 6.96. The smallest absolute Gasteiger partial charge is 0.261 e. The first-order chi connectivity index (χ1) is 14.7. The minimum absolute atomic E-state index is 0.0257. The lowest BCUT2D eigenvalue weighted by Crippen LogP contribution is -2.66. The van der Waals surface area contributed by atoms with Gasteiger partial charge in [0.05, 0.1) is 0 Å². The molecule has 0 bridgehead atoms. The van der Waals surface area contributed by atoms with Gasteiger partial charge in [-0.05, 0) is 46.8 Å². The first kappa shape index (κ1) is 23.4. The molecule has 0 saturated heterocycles. The number of hydrogen-bond donors (Lipinski definition) is 1. The SMILES string of the molecule is CC(C)(OO)c1ccc(CCO[Si](c2ccccc2)(c2ccccc2)C(C)(C)C)cc1. The average molecular weight is 435 g/mol. The van der Waals surface area contributed by atoms with E-state index in [2.05, 4.69) is 98.5 Å². The maximum atomic E-state index is 9.13. The summed E-state index contributed by atoms with van der Waals surface area (Å²) in [5.41, 5.74) is 1.42. The molecule has 164 valence electrons. The van der Waals surface area contributed by atoms with Crippen molar-refractivity contribution >= 4 is 18.7 Å². The van der Waals surface area contributed by atoms with Gasteiger partial charge in [0.2, 0.25) is 0 Å². The first-order valence-electron chi connectivity index (χ1n) is 10.9. The molecule has 0 heterocycles. The van der Waals surface area contributed by atoms with Crippen LogP contribution in [0.5, 0.6) is 0 Å². The molecule has 0 saturated carbocycles. The van der Waals surface area contributed by atoms with Crippen molar-refractivity contribution in [3.05, 3.63) is 96.1 Å². The van der Waals surface area contributed by atoms with E-state index in [0.717, 1.165) is 12.0 Å². The molecular weight excluding hydrogens is 400 g/mol. The third-order valence-electron chi connectivity index (χ3n) is 6.00. The molecule has 0 fully saturated rings.